The number of halogens is 1. The summed E-state index contributed by atoms with van der Waals surface area (Å²) in [5.74, 6) is -0.135. The molecule has 5 heteroatoms. The number of benzene rings is 3. The molecule has 3 aromatic rings. The van der Waals surface area contributed by atoms with Crippen LogP contribution in [0.15, 0.2) is 89.5 Å². The van der Waals surface area contributed by atoms with Crippen molar-refractivity contribution >= 4 is 40.7 Å². The Kier molecular flexibility index (Phi) is 6.15. The number of hydrogen-bond donors (Lipinski definition) is 1. The number of carbonyl (C=O) groups is 1. The summed E-state index contributed by atoms with van der Waals surface area (Å²) in [6.45, 7) is 6.98. The van der Waals surface area contributed by atoms with Crippen LogP contribution in [0.1, 0.15) is 31.9 Å². The molecular formula is C27H26ClN3O. The second-order valence-corrected chi connectivity index (χ2v) is 9.23. The molecule has 0 fully saturated rings. The van der Waals surface area contributed by atoms with Crippen molar-refractivity contribution in [2.75, 3.05) is 16.9 Å². The quantitative estimate of drug-likeness (QED) is 0.455. The first kappa shape index (κ1) is 21.8. The highest BCUT2D eigenvalue weighted by Gasteiger charge is 2.31. The van der Waals surface area contributed by atoms with Gasteiger partial charge in [0, 0.05) is 10.7 Å². The lowest BCUT2D eigenvalue weighted by Crippen LogP contribution is -2.22. The summed E-state index contributed by atoms with van der Waals surface area (Å²) in [4.78, 5) is 13.3. The van der Waals surface area contributed by atoms with Gasteiger partial charge in [-0.25, -0.2) is 0 Å². The molecule has 1 heterocycles. The average molecular weight is 444 g/mol. The van der Waals surface area contributed by atoms with Gasteiger partial charge >= 0.3 is 0 Å². The molecule has 0 saturated heterocycles. The first-order valence-electron chi connectivity index (χ1n) is 10.6. The number of nitrogens with one attached hydrogen (secondary N) is 1. The SMILES string of the molecule is CC(C)(C)c1ccc(/C=C2\C(=O)N(c3ccccc3)N=C2CNc2ccc(Cl)cc2)cc1. The predicted molar refractivity (Wildman–Crippen MR) is 134 cm³/mol. The van der Waals surface area contributed by atoms with E-state index in [1.807, 2.05) is 60.7 Å². The normalized spacial score (nSPS) is 15.2. The number of carbonyl (C=O) groups excluding carboxylic acids is 1. The van der Waals surface area contributed by atoms with Crippen LogP contribution in [0.2, 0.25) is 5.02 Å². The van der Waals surface area contributed by atoms with Crippen LogP contribution in [0.3, 0.4) is 0 Å². The van der Waals surface area contributed by atoms with Crippen LogP contribution in [0.4, 0.5) is 11.4 Å². The van der Waals surface area contributed by atoms with Crippen molar-refractivity contribution in [2.45, 2.75) is 26.2 Å². The Morgan fingerprint density at radius 3 is 2.22 bits per heavy atom. The topological polar surface area (TPSA) is 44.7 Å². The maximum atomic E-state index is 13.3. The zero-order chi connectivity index (χ0) is 22.7. The molecule has 1 aliphatic heterocycles. The van der Waals surface area contributed by atoms with Crippen LogP contribution in [0.5, 0.6) is 0 Å². The number of anilines is 2. The Morgan fingerprint density at radius 2 is 1.59 bits per heavy atom. The van der Waals surface area contributed by atoms with Crippen LogP contribution in [0, 0.1) is 0 Å². The zero-order valence-electron chi connectivity index (χ0n) is 18.5. The second-order valence-electron chi connectivity index (χ2n) is 8.79. The first-order valence-corrected chi connectivity index (χ1v) is 11.0. The lowest BCUT2D eigenvalue weighted by Gasteiger charge is -2.18. The molecule has 0 spiro atoms. The fraction of sp³-hybridized carbons (Fsp3) is 0.185. The highest BCUT2D eigenvalue weighted by molar-refractivity contribution is 6.33. The summed E-state index contributed by atoms with van der Waals surface area (Å²) >= 11 is 5.99. The van der Waals surface area contributed by atoms with Crippen molar-refractivity contribution in [1.82, 2.24) is 0 Å². The minimum absolute atomic E-state index is 0.0775. The average Bonchev–Trinajstić information content (AvgIpc) is 3.09. The van der Waals surface area contributed by atoms with E-state index in [9.17, 15) is 4.79 Å². The maximum absolute atomic E-state index is 13.3. The minimum Gasteiger partial charge on any atom is -0.379 e. The third kappa shape index (κ3) is 4.92. The van der Waals surface area contributed by atoms with E-state index in [4.69, 9.17) is 11.6 Å². The molecule has 4 rings (SSSR count). The van der Waals surface area contributed by atoms with Gasteiger partial charge in [0.2, 0.25) is 0 Å². The number of rotatable bonds is 5. The van der Waals surface area contributed by atoms with Crippen LogP contribution < -0.4 is 10.3 Å². The van der Waals surface area contributed by atoms with Crippen molar-refractivity contribution in [3.05, 3.63) is 101 Å². The standard InChI is InChI=1S/C27H26ClN3O/c1-27(2,3)20-11-9-19(10-12-20)17-24-25(18-29-22-15-13-21(28)14-16-22)30-31(26(24)32)23-7-5-4-6-8-23/h4-17,29H,18H2,1-3H3/b24-17-. The van der Waals surface area contributed by atoms with E-state index >= 15 is 0 Å². The Bertz CT molecular complexity index is 1160. The number of nitrogens with zero attached hydrogens (tertiary/aromatic N) is 2. The van der Waals surface area contributed by atoms with Gasteiger partial charge in [0.25, 0.3) is 5.91 Å². The van der Waals surface area contributed by atoms with E-state index in [2.05, 4.69) is 55.5 Å². The largest absolute Gasteiger partial charge is 0.379 e. The molecule has 1 aliphatic rings. The van der Waals surface area contributed by atoms with E-state index in [-0.39, 0.29) is 11.3 Å². The molecule has 4 nitrogen and oxygen atoms in total. The third-order valence-corrected chi connectivity index (χ3v) is 5.60. The molecule has 0 bridgehead atoms. The van der Waals surface area contributed by atoms with Crippen molar-refractivity contribution in [1.29, 1.82) is 0 Å². The molecule has 0 radical (unpaired) electrons. The summed E-state index contributed by atoms with van der Waals surface area (Å²) in [5.41, 5.74) is 5.22. The molecule has 0 unspecified atom stereocenters. The summed E-state index contributed by atoms with van der Waals surface area (Å²) in [5, 5.41) is 10.1. The van der Waals surface area contributed by atoms with E-state index in [0.29, 0.717) is 22.9 Å². The fourth-order valence-electron chi connectivity index (χ4n) is 3.48. The fourth-order valence-corrected chi connectivity index (χ4v) is 3.60. The highest BCUT2D eigenvalue weighted by atomic mass is 35.5. The molecular weight excluding hydrogens is 418 g/mol. The Hall–Kier alpha value is -3.37. The van der Waals surface area contributed by atoms with Gasteiger partial charge in [-0.2, -0.15) is 10.1 Å². The number of amides is 1. The van der Waals surface area contributed by atoms with Crippen LogP contribution >= 0.6 is 11.6 Å². The number of hydrogen-bond acceptors (Lipinski definition) is 3. The van der Waals surface area contributed by atoms with Gasteiger partial charge in [0.05, 0.1) is 23.5 Å². The lowest BCUT2D eigenvalue weighted by atomic mass is 9.86. The van der Waals surface area contributed by atoms with Gasteiger partial charge in [-0.05, 0) is 59.0 Å². The molecule has 32 heavy (non-hydrogen) atoms. The molecule has 1 amide bonds. The highest BCUT2D eigenvalue weighted by Crippen LogP contribution is 2.27. The van der Waals surface area contributed by atoms with Gasteiger partial charge in [0.1, 0.15) is 0 Å². The van der Waals surface area contributed by atoms with E-state index in [1.165, 1.54) is 10.6 Å². The summed E-state index contributed by atoms with van der Waals surface area (Å²) in [7, 11) is 0. The van der Waals surface area contributed by atoms with Crippen molar-refractivity contribution in [3.8, 4) is 0 Å². The zero-order valence-corrected chi connectivity index (χ0v) is 19.2. The summed E-state index contributed by atoms with van der Waals surface area (Å²) in [6.07, 6.45) is 1.92. The number of para-hydroxylation sites is 1. The van der Waals surface area contributed by atoms with Gasteiger partial charge in [0.15, 0.2) is 0 Å². The Labute approximate surface area is 194 Å². The van der Waals surface area contributed by atoms with Gasteiger partial charge in [-0.1, -0.05) is 74.8 Å². The molecule has 162 valence electrons. The van der Waals surface area contributed by atoms with Crippen LogP contribution in [-0.4, -0.2) is 18.2 Å². The molecule has 0 atom stereocenters. The van der Waals surface area contributed by atoms with Crippen molar-refractivity contribution in [3.63, 3.8) is 0 Å². The van der Waals surface area contributed by atoms with Gasteiger partial charge in [-0.15, -0.1) is 0 Å². The van der Waals surface area contributed by atoms with Crippen LogP contribution in [0.25, 0.3) is 6.08 Å². The third-order valence-electron chi connectivity index (χ3n) is 5.35. The maximum Gasteiger partial charge on any atom is 0.280 e. The molecule has 0 aliphatic carbocycles. The molecule has 1 N–H and O–H groups in total. The Morgan fingerprint density at radius 1 is 0.938 bits per heavy atom. The van der Waals surface area contributed by atoms with Crippen LogP contribution in [-0.2, 0) is 10.2 Å². The van der Waals surface area contributed by atoms with E-state index < -0.39 is 0 Å². The molecule has 0 saturated carbocycles. The van der Waals surface area contributed by atoms with E-state index in [0.717, 1.165) is 16.9 Å². The monoisotopic (exact) mass is 443 g/mol. The van der Waals surface area contributed by atoms with Gasteiger partial charge < -0.3 is 5.32 Å². The summed E-state index contributed by atoms with van der Waals surface area (Å²) < 4.78 is 0. The van der Waals surface area contributed by atoms with Gasteiger partial charge in [-0.3, -0.25) is 4.79 Å². The molecule has 3 aromatic carbocycles. The smallest absolute Gasteiger partial charge is 0.280 e. The van der Waals surface area contributed by atoms with Crippen molar-refractivity contribution in [2.24, 2.45) is 5.10 Å². The Balaban J connectivity index is 1.64. The van der Waals surface area contributed by atoms with E-state index in [1.54, 1.807) is 0 Å². The van der Waals surface area contributed by atoms with Crippen molar-refractivity contribution < 1.29 is 4.79 Å². The summed E-state index contributed by atoms with van der Waals surface area (Å²) in [6, 6.07) is 25.3. The number of hydrazone groups is 1. The molecule has 0 aromatic heterocycles. The second kappa shape index (κ2) is 9.01. The lowest BCUT2D eigenvalue weighted by molar-refractivity contribution is -0.114. The minimum atomic E-state index is -0.135. The first-order chi connectivity index (χ1) is 15.3. The predicted octanol–water partition coefficient (Wildman–Crippen LogP) is 6.54.